The summed E-state index contributed by atoms with van der Waals surface area (Å²) in [4.78, 5) is 2.42. The fraction of sp³-hybridized carbons (Fsp3) is 0.294. The summed E-state index contributed by atoms with van der Waals surface area (Å²) in [7, 11) is 0. The van der Waals surface area contributed by atoms with Crippen LogP contribution in [0.3, 0.4) is 0 Å². The van der Waals surface area contributed by atoms with Crippen molar-refractivity contribution in [3.05, 3.63) is 52.5 Å². The second kappa shape index (κ2) is 5.88. The number of halogens is 1. The minimum Gasteiger partial charge on any atom is -0.383 e. The monoisotopic (exact) mass is 330 g/mol. The van der Waals surface area contributed by atoms with Crippen LogP contribution >= 0.6 is 15.9 Å². The number of para-hydroxylation sites is 2. The molecule has 0 unspecified atom stereocenters. The van der Waals surface area contributed by atoms with Crippen LogP contribution in [-0.2, 0) is 0 Å². The third-order valence-corrected chi connectivity index (χ3v) is 4.66. The molecule has 1 N–H and O–H groups in total. The fourth-order valence-corrected chi connectivity index (χ4v) is 2.91. The molecular weight excluding hydrogens is 312 g/mol. The predicted octanol–water partition coefficient (Wildman–Crippen LogP) is 5.10. The van der Waals surface area contributed by atoms with Crippen LogP contribution in [-0.4, -0.2) is 13.1 Å². The first kappa shape index (κ1) is 13.5. The number of aryl methyl sites for hydroxylation is 1. The number of anilines is 3. The second-order valence-corrected chi connectivity index (χ2v) is 6.09. The van der Waals surface area contributed by atoms with Crippen molar-refractivity contribution in [2.45, 2.75) is 19.8 Å². The van der Waals surface area contributed by atoms with E-state index in [-0.39, 0.29) is 0 Å². The van der Waals surface area contributed by atoms with Crippen molar-refractivity contribution in [1.29, 1.82) is 0 Å². The highest BCUT2D eigenvalue weighted by atomic mass is 79.9. The lowest BCUT2D eigenvalue weighted by atomic mass is 10.1. The molecule has 0 spiro atoms. The number of benzene rings is 2. The smallest absolute Gasteiger partial charge is 0.0646 e. The minimum atomic E-state index is 1.06. The topological polar surface area (TPSA) is 15.3 Å². The summed E-state index contributed by atoms with van der Waals surface area (Å²) in [6.45, 7) is 4.27. The maximum Gasteiger partial charge on any atom is 0.0646 e. The van der Waals surface area contributed by atoms with Crippen LogP contribution in [0.2, 0.25) is 0 Å². The van der Waals surface area contributed by atoms with Gasteiger partial charge in [-0.25, -0.2) is 0 Å². The molecule has 3 rings (SSSR count). The summed E-state index contributed by atoms with van der Waals surface area (Å²) in [6, 6.07) is 15.2. The van der Waals surface area contributed by atoms with Crippen molar-refractivity contribution < 1.29 is 0 Å². The molecular formula is C17H19BrN2. The third-order valence-electron chi connectivity index (χ3n) is 3.77. The molecule has 0 radical (unpaired) electrons. The standard InChI is InChI=1S/C17H19BrN2/c1-13-12-14(8-9-15(13)18)20-11-5-4-10-19-16-6-2-3-7-17(16)20/h2-3,6-9,12,19H,4-5,10-11H2,1H3. The molecule has 0 bridgehead atoms. The van der Waals surface area contributed by atoms with Gasteiger partial charge in [0.1, 0.15) is 0 Å². The number of fused-ring (bicyclic) bond motifs is 1. The summed E-state index contributed by atoms with van der Waals surface area (Å²) in [5.41, 5.74) is 5.04. The third kappa shape index (κ3) is 2.68. The van der Waals surface area contributed by atoms with E-state index in [0.717, 1.165) is 13.1 Å². The van der Waals surface area contributed by atoms with E-state index in [9.17, 15) is 0 Å². The first-order valence-corrected chi connectivity index (χ1v) is 7.91. The minimum absolute atomic E-state index is 1.06. The van der Waals surface area contributed by atoms with E-state index in [4.69, 9.17) is 0 Å². The van der Waals surface area contributed by atoms with Gasteiger partial charge in [0.05, 0.1) is 11.4 Å². The normalized spacial score (nSPS) is 15.0. The van der Waals surface area contributed by atoms with Crippen LogP contribution in [0.1, 0.15) is 18.4 Å². The molecule has 2 nitrogen and oxygen atoms in total. The quantitative estimate of drug-likeness (QED) is 0.782. The van der Waals surface area contributed by atoms with E-state index >= 15 is 0 Å². The van der Waals surface area contributed by atoms with Gasteiger partial charge in [-0.1, -0.05) is 28.1 Å². The van der Waals surface area contributed by atoms with E-state index in [0.29, 0.717) is 0 Å². The van der Waals surface area contributed by atoms with Gasteiger partial charge in [-0.05, 0) is 55.7 Å². The number of rotatable bonds is 1. The zero-order valence-corrected chi connectivity index (χ0v) is 13.3. The van der Waals surface area contributed by atoms with Gasteiger partial charge < -0.3 is 10.2 Å². The molecule has 0 aromatic heterocycles. The molecule has 2 aromatic rings. The predicted molar refractivity (Wildman–Crippen MR) is 90.1 cm³/mol. The van der Waals surface area contributed by atoms with Crippen molar-refractivity contribution in [1.82, 2.24) is 0 Å². The molecule has 0 saturated heterocycles. The SMILES string of the molecule is Cc1cc(N2CCCCNc3ccccc32)ccc1Br. The van der Waals surface area contributed by atoms with Crippen molar-refractivity contribution in [2.75, 3.05) is 23.3 Å². The van der Waals surface area contributed by atoms with E-state index in [1.165, 1.54) is 39.9 Å². The highest BCUT2D eigenvalue weighted by Gasteiger charge is 2.15. The van der Waals surface area contributed by atoms with Gasteiger partial charge in [0.2, 0.25) is 0 Å². The van der Waals surface area contributed by atoms with Gasteiger partial charge >= 0.3 is 0 Å². The molecule has 0 aliphatic carbocycles. The molecule has 1 aliphatic heterocycles. The van der Waals surface area contributed by atoms with Gasteiger partial charge in [0.15, 0.2) is 0 Å². The van der Waals surface area contributed by atoms with Crippen LogP contribution in [0.5, 0.6) is 0 Å². The Kier molecular flexibility index (Phi) is 3.97. The van der Waals surface area contributed by atoms with Crippen LogP contribution in [0, 0.1) is 6.92 Å². The molecule has 1 heterocycles. The van der Waals surface area contributed by atoms with E-state index in [1.54, 1.807) is 0 Å². The van der Waals surface area contributed by atoms with Gasteiger partial charge in [-0.15, -0.1) is 0 Å². The van der Waals surface area contributed by atoms with Crippen molar-refractivity contribution >= 4 is 33.0 Å². The van der Waals surface area contributed by atoms with Gasteiger partial charge in [0.25, 0.3) is 0 Å². The molecule has 104 valence electrons. The Morgan fingerprint density at radius 3 is 2.80 bits per heavy atom. The summed E-state index contributed by atoms with van der Waals surface area (Å²) in [6.07, 6.45) is 2.41. The summed E-state index contributed by atoms with van der Waals surface area (Å²) >= 11 is 3.58. The molecule has 0 atom stereocenters. The second-order valence-electron chi connectivity index (χ2n) is 5.24. The average Bonchev–Trinajstić information content (AvgIpc) is 2.43. The Morgan fingerprint density at radius 2 is 1.95 bits per heavy atom. The zero-order valence-electron chi connectivity index (χ0n) is 11.7. The first-order chi connectivity index (χ1) is 9.75. The highest BCUT2D eigenvalue weighted by Crippen LogP contribution is 2.35. The highest BCUT2D eigenvalue weighted by molar-refractivity contribution is 9.10. The zero-order chi connectivity index (χ0) is 13.9. The maximum absolute atomic E-state index is 3.58. The number of hydrogen-bond donors (Lipinski definition) is 1. The van der Waals surface area contributed by atoms with Gasteiger partial charge in [0, 0.05) is 23.2 Å². The van der Waals surface area contributed by atoms with Gasteiger partial charge in [-0.2, -0.15) is 0 Å². The fourth-order valence-electron chi connectivity index (χ4n) is 2.66. The lowest BCUT2D eigenvalue weighted by Crippen LogP contribution is -2.23. The maximum atomic E-state index is 3.58. The van der Waals surface area contributed by atoms with E-state index < -0.39 is 0 Å². The average molecular weight is 331 g/mol. The first-order valence-electron chi connectivity index (χ1n) is 7.12. The summed E-state index contributed by atoms with van der Waals surface area (Å²) in [5, 5.41) is 3.54. The van der Waals surface area contributed by atoms with Crippen LogP contribution < -0.4 is 10.2 Å². The number of nitrogens with zero attached hydrogens (tertiary/aromatic N) is 1. The van der Waals surface area contributed by atoms with E-state index in [1.807, 2.05) is 0 Å². The summed E-state index contributed by atoms with van der Waals surface area (Å²) < 4.78 is 1.17. The number of nitrogens with one attached hydrogen (secondary N) is 1. The number of hydrogen-bond acceptors (Lipinski definition) is 2. The van der Waals surface area contributed by atoms with Crippen molar-refractivity contribution in [3.63, 3.8) is 0 Å². The van der Waals surface area contributed by atoms with Crippen LogP contribution in [0.15, 0.2) is 46.9 Å². The summed E-state index contributed by atoms with van der Waals surface area (Å²) in [5.74, 6) is 0. The lowest BCUT2D eigenvalue weighted by molar-refractivity contribution is 0.747. The van der Waals surface area contributed by atoms with E-state index in [2.05, 4.69) is 75.5 Å². The molecule has 2 aromatic carbocycles. The van der Waals surface area contributed by atoms with Crippen molar-refractivity contribution in [3.8, 4) is 0 Å². The molecule has 0 fully saturated rings. The van der Waals surface area contributed by atoms with Crippen molar-refractivity contribution in [2.24, 2.45) is 0 Å². The molecule has 0 amide bonds. The lowest BCUT2D eigenvalue weighted by Gasteiger charge is -2.30. The Hall–Kier alpha value is -1.48. The Balaban J connectivity index is 2.05. The largest absolute Gasteiger partial charge is 0.383 e. The Labute approximate surface area is 128 Å². The van der Waals surface area contributed by atoms with Crippen LogP contribution in [0.4, 0.5) is 17.1 Å². The molecule has 3 heteroatoms. The van der Waals surface area contributed by atoms with Crippen LogP contribution in [0.25, 0.3) is 0 Å². The molecule has 20 heavy (non-hydrogen) atoms. The Bertz CT molecular complexity index is 610. The molecule has 1 aliphatic rings. The van der Waals surface area contributed by atoms with Gasteiger partial charge in [-0.3, -0.25) is 0 Å². The molecule has 0 saturated carbocycles. The Morgan fingerprint density at radius 1 is 1.10 bits per heavy atom.